The molecular weight excluding hydrogens is 280 g/mol. The summed E-state index contributed by atoms with van der Waals surface area (Å²) < 4.78 is 0. The molecule has 3 aromatic heterocycles. The van der Waals surface area contributed by atoms with Crippen molar-refractivity contribution in [3.63, 3.8) is 0 Å². The Kier molecular flexibility index (Phi) is 4.02. The number of carbonyl (C=O) groups is 1. The van der Waals surface area contributed by atoms with Crippen LogP contribution in [0.4, 0.5) is 0 Å². The van der Waals surface area contributed by atoms with Crippen molar-refractivity contribution in [1.82, 2.24) is 20.3 Å². The highest BCUT2D eigenvalue weighted by atomic mass is 16.3. The van der Waals surface area contributed by atoms with Crippen LogP contribution in [0.2, 0.25) is 0 Å². The molecule has 0 radical (unpaired) electrons. The Morgan fingerprint density at radius 2 is 2.09 bits per heavy atom. The number of amides is 1. The molecule has 1 unspecified atom stereocenters. The number of pyridine rings is 3. The van der Waals surface area contributed by atoms with Crippen molar-refractivity contribution in [2.24, 2.45) is 0 Å². The average molecular weight is 294 g/mol. The Balaban J connectivity index is 1.83. The largest absolute Gasteiger partial charge is 0.394 e. The summed E-state index contributed by atoms with van der Waals surface area (Å²) in [6, 6.07) is 9.93. The van der Waals surface area contributed by atoms with Crippen molar-refractivity contribution < 1.29 is 9.90 Å². The van der Waals surface area contributed by atoms with Crippen molar-refractivity contribution in [3.05, 3.63) is 66.4 Å². The minimum absolute atomic E-state index is 0.236. The number of nitrogens with one attached hydrogen (secondary N) is 1. The summed E-state index contributed by atoms with van der Waals surface area (Å²) in [5.74, 6) is -0.358. The predicted octanol–water partition coefficient (Wildman–Crippen LogP) is 1.49. The Labute approximate surface area is 126 Å². The number of fused-ring (bicyclic) bond motifs is 1. The van der Waals surface area contributed by atoms with Crippen molar-refractivity contribution >= 4 is 16.8 Å². The SMILES string of the molecule is O=C(NC(CO)c1ccccn1)c1ccc2cnccc2n1. The van der Waals surface area contributed by atoms with Crippen LogP contribution in [0.15, 0.2) is 55.0 Å². The lowest BCUT2D eigenvalue weighted by atomic mass is 10.2. The van der Waals surface area contributed by atoms with Gasteiger partial charge in [0.15, 0.2) is 0 Å². The zero-order chi connectivity index (χ0) is 15.4. The van der Waals surface area contributed by atoms with E-state index in [2.05, 4.69) is 20.3 Å². The number of rotatable bonds is 4. The normalized spacial score (nSPS) is 12.0. The monoisotopic (exact) mass is 294 g/mol. The first-order chi connectivity index (χ1) is 10.8. The zero-order valence-electron chi connectivity index (χ0n) is 11.7. The van der Waals surface area contributed by atoms with Crippen LogP contribution in [0.1, 0.15) is 22.2 Å². The van der Waals surface area contributed by atoms with Gasteiger partial charge >= 0.3 is 0 Å². The van der Waals surface area contributed by atoms with Crippen molar-refractivity contribution in [3.8, 4) is 0 Å². The third-order valence-corrected chi connectivity index (χ3v) is 3.25. The van der Waals surface area contributed by atoms with E-state index in [1.165, 1.54) is 0 Å². The third-order valence-electron chi connectivity index (χ3n) is 3.25. The molecule has 0 saturated carbocycles. The lowest BCUT2D eigenvalue weighted by molar-refractivity contribution is 0.0910. The fraction of sp³-hybridized carbons (Fsp3) is 0.125. The van der Waals surface area contributed by atoms with Gasteiger partial charge in [-0.3, -0.25) is 14.8 Å². The summed E-state index contributed by atoms with van der Waals surface area (Å²) in [5.41, 5.74) is 1.58. The smallest absolute Gasteiger partial charge is 0.270 e. The summed E-state index contributed by atoms with van der Waals surface area (Å²) in [7, 11) is 0. The van der Waals surface area contributed by atoms with Crippen LogP contribution in [0, 0.1) is 0 Å². The zero-order valence-corrected chi connectivity index (χ0v) is 11.7. The van der Waals surface area contributed by atoms with E-state index in [4.69, 9.17) is 0 Å². The number of hydrogen-bond acceptors (Lipinski definition) is 5. The highest BCUT2D eigenvalue weighted by molar-refractivity contribution is 5.94. The number of aliphatic hydroxyl groups excluding tert-OH is 1. The number of aromatic nitrogens is 3. The summed E-state index contributed by atoms with van der Waals surface area (Å²) in [6.45, 7) is -0.236. The molecule has 6 heteroatoms. The molecule has 0 aliphatic heterocycles. The number of carbonyl (C=O) groups excluding carboxylic acids is 1. The van der Waals surface area contributed by atoms with E-state index in [1.54, 1.807) is 55.0 Å². The minimum atomic E-state index is -0.566. The molecule has 22 heavy (non-hydrogen) atoms. The topological polar surface area (TPSA) is 88.0 Å². The van der Waals surface area contributed by atoms with Crippen LogP contribution in [0.3, 0.4) is 0 Å². The maximum atomic E-state index is 12.3. The van der Waals surface area contributed by atoms with Crippen molar-refractivity contribution in [1.29, 1.82) is 0 Å². The van der Waals surface area contributed by atoms with Gasteiger partial charge in [-0.05, 0) is 30.3 Å². The maximum Gasteiger partial charge on any atom is 0.270 e. The predicted molar refractivity (Wildman–Crippen MR) is 81.1 cm³/mol. The maximum absolute atomic E-state index is 12.3. The Morgan fingerprint density at radius 3 is 2.86 bits per heavy atom. The molecule has 3 heterocycles. The van der Waals surface area contributed by atoms with E-state index in [0.29, 0.717) is 11.2 Å². The Hall–Kier alpha value is -2.86. The molecule has 0 aromatic carbocycles. The van der Waals surface area contributed by atoms with E-state index in [1.807, 2.05) is 0 Å². The van der Waals surface area contributed by atoms with Crippen LogP contribution in [-0.4, -0.2) is 32.6 Å². The lowest BCUT2D eigenvalue weighted by Crippen LogP contribution is -2.31. The van der Waals surface area contributed by atoms with Gasteiger partial charge in [0.1, 0.15) is 5.69 Å². The average Bonchev–Trinajstić information content (AvgIpc) is 2.59. The van der Waals surface area contributed by atoms with Gasteiger partial charge in [0.05, 0.1) is 23.9 Å². The lowest BCUT2D eigenvalue weighted by Gasteiger charge is -2.15. The highest BCUT2D eigenvalue weighted by Crippen LogP contribution is 2.13. The van der Waals surface area contributed by atoms with Crippen molar-refractivity contribution in [2.75, 3.05) is 6.61 Å². The summed E-state index contributed by atoms with van der Waals surface area (Å²) in [6.07, 6.45) is 4.93. The standard InChI is InChI=1S/C16H14N4O2/c21-10-15(13-3-1-2-7-18-13)20-16(22)14-5-4-11-9-17-8-6-12(11)19-14/h1-9,15,21H,10H2,(H,20,22). The molecule has 0 bridgehead atoms. The minimum Gasteiger partial charge on any atom is -0.394 e. The van der Waals surface area contributed by atoms with Crippen LogP contribution in [0.25, 0.3) is 10.9 Å². The first-order valence-electron chi connectivity index (χ1n) is 6.81. The quantitative estimate of drug-likeness (QED) is 0.761. The summed E-state index contributed by atoms with van der Waals surface area (Å²) in [4.78, 5) is 24.8. The summed E-state index contributed by atoms with van der Waals surface area (Å²) in [5, 5.41) is 13.1. The Morgan fingerprint density at radius 1 is 1.18 bits per heavy atom. The van der Waals surface area contributed by atoms with E-state index in [0.717, 1.165) is 5.39 Å². The van der Waals surface area contributed by atoms with Crippen LogP contribution >= 0.6 is 0 Å². The Bertz CT molecular complexity index is 792. The third kappa shape index (κ3) is 2.91. The van der Waals surface area contributed by atoms with E-state index in [-0.39, 0.29) is 18.2 Å². The molecule has 0 aliphatic rings. The molecule has 2 N–H and O–H groups in total. The molecule has 3 rings (SSSR count). The fourth-order valence-electron chi connectivity index (χ4n) is 2.12. The molecule has 110 valence electrons. The van der Waals surface area contributed by atoms with Gasteiger partial charge in [0, 0.05) is 24.0 Å². The van der Waals surface area contributed by atoms with Gasteiger partial charge in [-0.15, -0.1) is 0 Å². The van der Waals surface area contributed by atoms with E-state index in [9.17, 15) is 9.90 Å². The molecule has 0 spiro atoms. The first-order valence-corrected chi connectivity index (χ1v) is 6.81. The van der Waals surface area contributed by atoms with Crippen LogP contribution < -0.4 is 5.32 Å². The first kappa shape index (κ1) is 14.1. The number of aliphatic hydroxyl groups is 1. The van der Waals surface area contributed by atoms with Gasteiger partial charge in [-0.25, -0.2) is 4.98 Å². The fourth-order valence-corrected chi connectivity index (χ4v) is 2.12. The molecule has 0 fully saturated rings. The number of nitrogens with zero attached hydrogens (tertiary/aromatic N) is 3. The molecule has 0 aliphatic carbocycles. The molecular formula is C16H14N4O2. The van der Waals surface area contributed by atoms with Gasteiger partial charge in [0.25, 0.3) is 5.91 Å². The number of hydrogen-bond donors (Lipinski definition) is 2. The van der Waals surface area contributed by atoms with Crippen LogP contribution in [-0.2, 0) is 0 Å². The molecule has 1 amide bonds. The van der Waals surface area contributed by atoms with Crippen LogP contribution in [0.5, 0.6) is 0 Å². The second-order valence-electron chi connectivity index (χ2n) is 4.73. The highest BCUT2D eigenvalue weighted by Gasteiger charge is 2.16. The molecule has 1 atom stereocenters. The van der Waals surface area contributed by atoms with Crippen molar-refractivity contribution in [2.45, 2.75) is 6.04 Å². The van der Waals surface area contributed by atoms with E-state index < -0.39 is 6.04 Å². The molecule has 6 nitrogen and oxygen atoms in total. The van der Waals surface area contributed by atoms with Gasteiger partial charge in [-0.1, -0.05) is 6.07 Å². The van der Waals surface area contributed by atoms with Gasteiger partial charge in [-0.2, -0.15) is 0 Å². The summed E-state index contributed by atoms with van der Waals surface area (Å²) >= 11 is 0. The molecule has 0 saturated heterocycles. The van der Waals surface area contributed by atoms with Gasteiger partial charge in [0.2, 0.25) is 0 Å². The molecule has 3 aromatic rings. The second-order valence-corrected chi connectivity index (χ2v) is 4.73. The second kappa shape index (κ2) is 6.28. The van der Waals surface area contributed by atoms with Gasteiger partial charge < -0.3 is 10.4 Å². The van der Waals surface area contributed by atoms with E-state index >= 15 is 0 Å².